The van der Waals surface area contributed by atoms with Crippen molar-refractivity contribution in [3.63, 3.8) is 0 Å². The first kappa shape index (κ1) is 18.2. The molecule has 0 saturated carbocycles. The highest BCUT2D eigenvalue weighted by molar-refractivity contribution is 7.92. The molecule has 0 atom stereocenters. The monoisotopic (exact) mass is 397 g/mol. The highest BCUT2D eigenvalue weighted by Crippen LogP contribution is 2.22. The van der Waals surface area contributed by atoms with Gasteiger partial charge in [-0.1, -0.05) is 0 Å². The van der Waals surface area contributed by atoms with E-state index in [1.54, 1.807) is 6.92 Å². The Balaban J connectivity index is 1.95. The molecule has 0 saturated heterocycles. The van der Waals surface area contributed by atoms with Crippen LogP contribution in [0.25, 0.3) is 11.1 Å². The SMILES string of the molecule is CCn1c(=O)oc2cc(S(=O)(=O)Nc3ccc(S(N)(=O)=O)cc3)ccc21. The molecule has 26 heavy (non-hydrogen) atoms. The Labute approximate surface area is 149 Å². The molecule has 3 aromatic rings. The Kier molecular flexibility index (Phi) is 4.38. The van der Waals surface area contributed by atoms with Gasteiger partial charge in [0.15, 0.2) is 5.58 Å². The number of oxazole rings is 1. The van der Waals surface area contributed by atoms with Crippen LogP contribution in [0.5, 0.6) is 0 Å². The number of primary sulfonamides is 1. The molecule has 0 aliphatic heterocycles. The van der Waals surface area contributed by atoms with Crippen LogP contribution in [0.4, 0.5) is 5.69 Å². The minimum atomic E-state index is -3.97. The summed E-state index contributed by atoms with van der Waals surface area (Å²) < 4.78 is 56.2. The molecule has 0 aliphatic carbocycles. The topological polar surface area (TPSA) is 141 Å². The van der Waals surface area contributed by atoms with Gasteiger partial charge in [0.2, 0.25) is 10.0 Å². The summed E-state index contributed by atoms with van der Waals surface area (Å²) in [5.41, 5.74) is 0.809. The second kappa shape index (κ2) is 6.27. The van der Waals surface area contributed by atoms with E-state index in [1.165, 1.54) is 47.0 Å². The van der Waals surface area contributed by atoms with Crippen LogP contribution in [-0.2, 0) is 26.6 Å². The van der Waals surface area contributed by atoms with E-state index in [9.17, 15) is 21.6 Å². The molecule has 9 nitrogen and oxygen atoms in total. The first-order valence-electron chi connectivity index (χ1n) is 7.41. The van der Waals surface area contributed by atoms with E-state index in [4.69, 9.17) is 9.56 Å². The molecule has 0 spiro atoms. The van der Waals surface area contributed by atoms with Gasteiger partial charge in [0.05, 0.1) is 15.3 Å². The number of hydrogen-bond donors (Lipinski definition) is 2. The molecular weight excluding hydrogens is 382 g/mol. The molecule has 0 bridgehead atoms. The molecule has 0 radical (unpaired) electrons. The van der Waals surface area contributed by atoms with Crippen molar-refractivity contribution in [1.82, 2.24) is 4.57 Å². The fraction of sp³-hybridized carbons (Fsp3) is 0.133. The summed E-state index contributed by atoms with van der Waals surface area (Å²) >= 11 is 0. The van der Waals surface area contributed by atoms with E-state index in [0.29, 0.717) is 12.1 Å². The number of nitrogens with one attached hydrogen (secondary N) is 1. The fourth-order valence-electron chi connectivity index (χ4n) is 2.44. The van der Waals surface area contributed by atoms with E-state index in [0.717, 1.165) is 0 Å². The standard InChI is InChI=1S/C15H15N3O6S2/c1-2-18-13-8-7-12(9-14(13)24-15(18)19)26(22,23)17-10-3-5-11(6-4-10)25(16,20)21/h3-9,17H,2H2,1H3,(H2,16,20,21). The Morgan fingerprint density at radius 1 is 1.04 bits per heavy atom. The van der Waals surface area contributed by atoms with Crippen LogP contribution in [0.1, 0.15) is 6.92 Å². The summed E-state index contributed by atoms with van der Waals surface area (Å²) in [5, 5.41) is 5.00. The quantitative estimate of drug-likeness (QED) is 0.659. The lowest BCUT2D eigenvalue weighted by molar-refractivity contribution is 0.512. The molecule has 3 rings (SSSR count). The normalized spacial score (nSPS) is 12.4. The Hall–Kier alpha value is -2.63. The minimum absolute atomic E-state index is 0.0995. The van der Waals surface area contributed by atoms with Gasteiger partial charge in [-0.05, 0) is 43.3 Å². The van der Waals surface area contributed by atoms with Crippen LogP contribution < -0.4 is 15.6 Å². The maximum atomic E-state index is 12.5. The van der Waals surface area contributed by atoms with Crippen LogP contribution in [-0.4, -0.2) is 21.4 Å². The number of hydrogen-bond acceptors (Lipinski definition) is 6. The largest absolute Gasteiger partial charge is 0.419 e. The van der Waals surface area contributed by atoms with Gasteiger partial charge in [0, 0.05) is 18.3 Å². The smallest absolute Gasteiger partial charge is 0.408 e. The van der Waals surface area contributed by atoms with Gasteiger partial charge in [-0.2, -0.15) is 0 Å². The molecule has 0 aliphatic rings. The van der Waals surface area contributed by atoms with Crippen LogP contribution in [0.15, 0.2) is 61.5 Å². The Morgan fingerprint density at radius 2 is 1.65 bits per heavy atom. The maximum absolute atomic E-state index is 12.5. The number of sulfonamides is 2. The van der Waals surface area contributed by atoms with Crippen molar-refractivity contribution < 1.29 is 21.3 Å². The van der Waals surface area contributed by atoms with E-state index in [2.05, 4.69) is 4.72 Å². The van der Waals surface area contributed by atoms with Gasteiger partial charge in [0.1, 0.15) is 0 Å². The second-order valence-electron chi connectivity index (χ2n) is 5.42. The number of fused-ring (bicyclic) bond motifs is 1. The lowest BCUT2D eigenvalue weighted by Crippen LogP contribution is -2.14. The van der Waals surface area contributed by atoms with E-state index >= 15 is 0 Å². The van der Waals surface area contributed by atoms with E-state index in [1.807, 2.05) is 0 Å². The summed E-state index contributed by atoms with van der Waals surface area (Å²) in [6, 6.07) is 9.04. The van der Waals surface area contributed by atoms with Crippen molar-refractivity contribution in [3.8, 4) is 0 Å². The van der Waals surface area contributed by atoms with Gasteiger partial charge in [-0.3, -0.25) is 9.29 Å². The van der Waals surface area contributed by atoms with Crippen molar-refractivity contribution in [3.05, 3.63) is 53.0 Å². The van der Waals surface area contributed by atoms with Crippen LogP contribution in [0, 0.1) is 0 Å². The number of aromatic nitrogens is 1. The summed E-state index contributed by atoms with van der Waals surface area (Å²) in [7, 11) is -7.83. The molecule has 0 unspecified atom stereocenters. The summed E-state index contributed by atoms with van der Waals surface area (Å²) in [5.74, 6) is -0.566. The van der Waals surface area contributed by atoms with Crippen LogP contribution in [0.3, 0.4) is 0 Å². The molecule has 1 aromatic heterocycles. The molecule has 1 heterocycles. The number of anilines is 1. The van der Waals surface area contributed by atoms with Crippen LogP contribution >= 0.6 is 0 Å². The number of benzene rings is 2. The average Bonchev–Trinajstić information content (AvgIpc) is 2.88. The predicted octanol–water partition coefficient (Wildman–Crippen LogP) is 1.06. The first-order chi connectivity index (χ1) is 12.1. The van der Waals surface area contributed by atoms with E-state index in [-0.39, 0.29) is 21.1 Å². The van der Waals surface area contributed by atoms with Crippen molar-refractivity contribution >= 4 is 36.8 Å². The molecule has 3 N–H and O–H groups in total. The van der Waals surface area contributed by atoms with Crippen molar-refractivity contribution in [1.29, 1.82) is 0 Å². The van der Waals surface area contributed by atoms with Crippen LogP contribution in [0.2, 0.25) is 0 Å². The van der Waals surface area contributed by atoms with E-state index < -0.39 is 25.8 Å². The number of nitrogens with zero attached hydrogens (tertiary/aromatic N) is 1. The number of aryl methyl sites for hydroxylation is 1. The predicted molar refractivity (Wildman–Crippen MR) is 94.8 cm³/mol. The minimum Gasteiger partial charge on any atom is -0.408 e. The first-order valence-corrected chi connectivity index (χ1v) is 10.4. The van der Waals surface area contributed by atoms with Gasteiger partial charge >= 0.3 is 5.76 Å². The molecule has 2 aromatic carbocycles. The van der Waals surface area contributed by atoms with Crippen molar-refractivity contribution in [2.75, 3.05) is 4.72 Å². The summed E-state index contributed by atoms with van der Waals surface area (Å²) in [4.78, 5) is 11.5. The van der Waals surface area contributed by atoms with Gasteiger partial charge in [-0.25, -0.2) is 26.8 Å². The summed E-state index contributed by atoms with van der Waals surface area (Å²) in [6.07, 6.45) is 0. The molecule has 0 fully saturated rings. The summed E-state index contributed by atoms with van der Waals surface area (Å²) in [6.45, 7) is 2.17. The third-order valence-corrected chi connectivity index (χ3v) is 6.01. The highest BCUT2D eigenvalue weighted by atomic mass is 32.2. The lowest BCUT2D eigenvalue weighted by Gasteiger charge is -2.08. The Bertz CT molecular complexity index is 1240. The van der Waals surface area contributed by atoms with Gasteiger partial charge in [0.25, 0.3) is 10.0 Å². The molecule has 0 amide bonds. The zero-order valence-electron chi connectivity index (χ0n) is 13.5. The third-order valence-electron chi connectivity index (χ3n) is 3.70. The van der Waals surface area contributed by atoms with Crippen molar-refractivity contribution in [2.24, 2.45) is 5.14 Å². The third kappa shape index (κ3) is 3.36. The fourth-order valence-corrected chi connectivity index (χ4v) is 4.03. The average molecular weight is 397 g/mol. The zero-order valence-corrected chi connectivity index (χ0v) is 15.2. The number of rotatable bonds is 5. The number of nitrogens with two attached hydrogens (primary N) is 1. The molecular formula is C15H15N3O6S2. The zero-order chi connectivity index (χ0) is 19.1. The highest BCUT2D eigenvalue weighted by Gasteiger charge is 2.18. The lowest BCUT2D eigenvalue weighted by atomic mass is 10.3. The van der Waals surface area contributed by atoms with Crippen molar-refractivity contribution in [2.45, 2.75) is 23.3 Å². The van der Waals surface area contributed by atoms with Gasteiger partial charge in [-0.15, -0.1) is 0 Å². The maximum Gasteiger partial charge on any atom is 0.419 e. The molecule has 11 heteroatoms. The van der Waals surface area contributed by atoms with Gasteiger partial charge < -0.3 is 4.42 Å². The second-order valence-corrected chi connectivity index (χ2v) is 8.66. The molecule has 138 valence electrons. The Morgan fingerprint density at radius 3 is 2.23 bits per heavy atom.